The van der Waals surface area contributed by atoms with Gasteiger partial charge in [-0.05, 0) is 45.4 Å². The van der Waals surface area contributed by atoms with Crippen LogP contribution in [-0.4, -0.2) is 68.3 Å². The highest BCUT2D eigenvalue weighted by Crippen LogP contribution is 2.34. The number of ether oxygens (including phenoxy) is 1. The van der Waals surface area contributed by atoms with Crippen molar-refractivity contribution >= 4 is 17.8 Å². The molecule has 0 N–H and O–H groups in total. The zero-order chi connectivity index (χ0) is 27.7. The van der Waals surface area contributed by atoms with Crippen LogP contribution in [0.25, 0.3) is 0 Å². The van der Waals surface area contributed by atoms with Crippen molar-refractivity contribution in [3.63, 3.8) is 0 Å². The zero-order valence-electron chi connectivity index (χ0n) is 22.2. The number of benzene rings is 2. The Hall–Kier alpha value is -4.08. The van der Waals surface area contributed by atoms with Crippen LogP contribution < -0.4 is 0 Å². The van der Waals surface area contributed by atoms with E-state index < -0.39 is 23.3 Å². The lowest BCUT2D eigenvalue weighted by atomic mass is 9.95. The van der Waals surface area contributed by atoms with Crippen LogP contribution in [-0.2, 0) is 15.1 Å². The van der Waals surface area contributed by atoms with E-state index in [4.69, 9.17) is 4.74 Å². The van der Waals surface area contributed by atoms with E-state index in [0.29, 0.717) is 5.56 Å². The van der Waals surface area contributed by atoms with E-state index in [1.807, 2.05) is 13.0 Å². The third kappa shape index (κ3) is 5.44. The van der Waals surface area contributed by atoms with Gasteiger partial charge in [-0.1, -0.05) is 47.7 Å². The van der Waals surface area contributed by atoms with Gasteiger partial charge in [0.1, 0.15) is 11.4 Å². The Morgan fingerprint density at radius 1 is 1.08 bits per heavy atom. The molecule has 38 heavy (non-hydrogen) atoms. The van der Waals surface area contributed by atoms with Gasteiger partial charge in [-0.15, -0.1) is 5.10 Å². The molecule has 2 atom stereocenters. The van der Waals surface area contributed by atoms with Gasteiger partial charge in [0, 0.05) is 25.6 Å². The van der Waals surface area contributed by atoms with Gasteiger partial charge in [-0.25, -0.2) is 13.9 Å². The number of aromatic nitrogens is 3. The van der Waals surface area contributed by atoms with Crippen LogP contribution in [0.2, 0.25) is 0 Å². The zero-order valence-corrected chi connectivity index (χ0v) is 22.2. The molecule has 200 valence electrons. The van der Waals surface area contributed by atoms with Gasteiger partial charge in [-0.3, -0.25) is 9.59 Å². The summed E-state index contributed by atoms with van der Waals surface area (Å²) in [5, 5.41) is 8.28. The maximum Gasteiger partial charge on any atom is 0.410 e. The number of carbonyl (C=O) groups is 3. The fourth-order valence-electron chi connectivity index (χ4n) is 4.52. The van der Waals surface area contributed by atoms with Crippen LogP contribution in [0.5, 0.6) is 0 Å². The van der Waals surface area contributed by atoms with Crippen molar-refractivity contribution in [3.05, 3.63) is 83.4 Å². The standard InChI is InChI=1S/C28H32FN5O4/c1-19(20-11-13-22(29)14-12-20)32(5)25(36)28(15-16-33(18-28)26(37)38-27(2,3)4)34-17-23(30-31-34)24(35)21-9-7-6-8-10-21/h6-14,17,19H,15-16,18H2,1-5H3. The van der Waals surface area contributed by atoms with Crippen LogP contribution >= 0.6 is 0 Å². The van der Waals surface area contributed by atoms with Gasteiger partial charge >= 0.3 is 6.09 Å². The topological polar surface area (TPSA) is 97.6 Å². The number of ketones is 1. The molecule has 9 nitrogen and oxygen atoms in total. The third-order valence-electron chi connectivity index (χ3n) is 6.75. The maximum absolute atomic E-state index is 14.2. The number of nitrogens with zero attached hydrogens (tertiary/aromatic N) is 5. The minimum Gasteiger partial charge on any atom is -0.444 e. The molecular weight excluding hydrogens is 489 g/mol. The van der Waals surface area contributed by atoms with Gasteiger partial charge < -0.3 is 14.5 Å². The fourth-order valence-corrected chi connectivity index (χ4v) is 4.52. The minimum absolute atomic E-state index is 0.0104. The van der Waals surface area contributed by atoms with Crippen molar-refractivity contribution in [1.29, 1.82) is 0 Å². The lowest BCUT2D eigenvalue weighted by molar-refractivity contribution is -0.141. The van der Waals surface area contributed by atoms with Crippen molar-refractivity contribution < 1.29 is 23.5 Å². The number of likely N-dealkylation sites (tertiary alicyclic amines) is 1. The van der Waals surface area contributed by atoms with E-state index in [0.717, 1.165) is 5.56 Å². The highest BCUT2D eigenvalue weighted by Gasteiger charge is 2.51. The molecular formula is C28H32FN5O4. The Morgan fingerprint density at radius 3 is 2.37 bits per heavy atom. The molecule has 2 aromatic carbocycles. The molecule has 10 heteroatoms. The molecule has 2 unspecified atom stereocenters. The first kappa shape index (κ1) is 27.0. The summed E-state index contributed by atoms with van der Waals surface area (Å²) >= 11 is 0. The molecule has 0 bridgehead atoms. The Balaban J connectivity index is 1.68. The minimum atomic E-state index is -1.32. The molecule has 1 fully saturated rings. The number of likely N-dealkylation sites (N-methyl/N-ethyl adjacent to an activating group) is 1. The summed E-state index contributed by atoms with van der Waals surface area (Å²) in [6, 6.07) is 14.2. The monoisotopic (exact) mass is 521 g/mol. The Labute approximate surface area is 221 Å². The van der Waals surface area contributed by atoms with Crippen LogP contribution in [0.15, 0.2) is 60.8 Å². The molecule has 0 spiro atoms. The Morgan fingerprint density at radius 2 is 1.74 bits per heavy atom. The second-order valence-electron chi connectivity index (χ2n) is 10.6. The van der Waals surface area contributed by atoms with Crippen molar-refractivity contribution in [2.45, 2.75) is 51.3 Å². The number of rotatable bonds is 6. The molecule has 0 radical (unpaired) electrons. The summed E-state index contributed by atoms with van der Waals surface area (Å²) in [4.78, 5) is 43.1. The lowest BCUT2D eigenvalue weighted by Crippen LogP contribution is -2.52. The summed E-state index contributed by atoms with van der Waals surface area (Å²) in [6.45, 7) is 7.40. The van der Waals surface area contributed by atoms with Crippen LogP contribution in [0.4, 0.5) is 9.18 Å². The molecule has 0 aliphatic carbocycles. The molecule has 2 amide bonds. The smallest absolute Gasteiger partial charge is 0.410 e. The Bertz CT molecular complexity index is 1320. The fraction of sp³-hybridized carbons (Fsp3) is 0.393. The SMILES string of the molecule is CC(c1ccc(F)cc1)N(C)C(=O)C1(n2cc(C(=O)c3ccccc3)nn2)CCN(C(=O)OC(C)(C)C)C1. The number of hydrogen-bond donors (Lipinski definition) is 0. The van der Waals surface area contributed by atoms with Gasteiger partial charge in [0.15, 0.2) is 11.2 Å². The van der Waals surface area contributed by atoms with E-state index >= 15 is 0 Å². The van der Waals surface area contributed by atoms with Crippen LogP contribution in [0.3, 0.4) is 0 Å². The molecule has 3 aromatic rings. The second kappa shape index (κ2) is 10.4. The highest BCUT2D eigenvalue weighted by molar-refractivity contribution is 6.07. The molecule has 2 heterocycles. The average Bonchev–Trinajstić information content (AvgIpc) is 3.56. The van der Waals surface area contributed by atoms with Crippen LogP contribution in [0.1, 0.15) is 61.8 Å². The highest BCUT2D eigenvalue weighted by atomic mass is 19.1. The van der Waals surface area contributed by atoms with Crippen LogP contribution in [0, 0.1) is 5.82 Å². The first-order valence-electron chi connectivity index (χ1n) is 12.4. The van der Waals surface area contributed by atoms with Gasteiger partial charge in [0.25, 0.3) is 5.91 Å². The molecule has 1 aliphatic heterocycles. The summed E-state index contributed by atoms with van der Waals surface area (Å²) in [5.74, 6) is -1.01. The van der Waals surface area contributed by atoms with Crippen molar-refractivity contribution in [1.82, 2.24) is 24.8 Å². The molecule has 1 aromatic heterocycles. The van der Waals surface area contributed by atoms with Gasteiger partial charge in [0.2, 0.25) is 5.78 Å². The van der Waals surface area contributed by atoms with Crippen molar-refractivity contribution in [2.24, 2.45) is 0 Å². The average molecular weight is 522 g/mol. The molecule has 0 saturated carbocycles. The normalized spacial score (nSPS) is 18.2. The molecule has 1 saturated heterocycles. The van der Waals surface area contributed by atoms with Gasteiger partial charge in [0.05, 0.1) is 18.8 Å². The quantitative estimate of drug-likeness (QED) is 0.451. The predicted octanol–water partition coefficient (Wildman–Crippen LogP) is 4.20. The second-order valence-corrected chi connectivity index (χ2v) is 10.6. The third-order valence-corrected chi connectivity index (χ3v) is 6.75. The summed E-state index contributed by atoms with van der Waals surface area (Å²) in [7, 11) is 1.65. The van der Waals surface area contributed by atoms with E-state index in [9.17, 15) is 18.8 Å². The molecule has 1 aliphatic rings. The van der Waals surface area contributed by atoms with E-state index in [1.54, 1.807) is 69.1 Å². The number of halogens is 1. The first-order valence-corrected chi connectivity index (χ1v) is 12.4. The molecule has 4 rings (SSSR count). The number of carbonyl (C=O) groups excluding carboxylic acids is 3. The van der Waals surface area contributed by atoms with Crippen molar-refractivity contribution in [2.75, 3.05) is 20.1 Å². The van der Waals surface area contributed by atoms with E-state index in [2.05, 4.69) is 10.3 Å². The van der Waals surface area contributed by atoms with E-state index in [-0.39, 0.29) is 42.7 Å². The summed E-state index contributed by atoms with van der Waals surface area (Å²) < 4.78 is 20.4. The van der Waals surface area contributed by atoms with Gasteiger partial charge in [-0.2, -0.15) is 0 Å². The number of hydrogen-bond acceptors (Lipinski definition) is 6. The largest absolute Gasteiger partial charge is 0.444 e. The summed E-state index contributed by atoms with van der Waals surface area (Å²) in [6.07, 6.45) is 1.16. The van der Waals surface area contributed by atoms with Crippen molar-refractivity contribution in [3.8, 4) is 0 Å². The summed E-state index contributed by atoms with van der Waals surface area (Å²) in [5.41, 5.74) is -0.736. The lowest BCUT2D eigenvalue weighted by Gasteiger charge is -2.35. The van der Waals surface area contributed by atoms with E-state index in [1.165, 1.54) is 27.9 Å². The number of amides is 2. The maximum atomic E-state index is 14.2. The predicted molar refractivity (Wildman–Crippen MR) is 138 cm³/mol. The Kier molecular flexibility index (Phi) is 7.35. The first-order chi connectivity index (χ1) is 17.9.